The molecule has 0 aromatic carbocycles. The Balaban J connectivity index is 2.62. The number of carbonyl (C=O) groups excluding carboxylic acids is 1. The SMILES string of the molecule is CN1Cc2cnc(Cl)nc2C(C)(C)C1=O. The molecule has 0 aliphatic carbocycles. The number of hydrogen-bond acceptors (Lipinski definition) is 3. The second-order valence-corrected chi connectivity index (χ2v) is 4.64. The van der Waals surface area contributed by atoms with Crippen LogP contribution in [0.3, 0.4) is 0 Å². The van der Waals surface area contributed by atoms with Crippen molar-refractivity contribution in [3.63, 3.8) is 0 Å². The summed E-state index contributed by atoms with van der Waals surface area (Å²) in [5.41, 5.74) is 1.09. The largest absolute Gasteiger partial charge is 0.340 e. The van der Waals surface area contributed by atoms with E-state index in [1.165, 1.54) is 0 Å². The molecule has 2 rings (SSSR count). The van der Waals surface area contributed by atoms with Gasteiger partial charge in [-0.3, -0.25) is 4.79 Å². The Morgan fingerprint density at radius 2 is 2.20 bits per heavy atom. The zero-order valence-electron chi connectivity index (χ0n) is 8.91. The summed E-state index contributed by atoms with van der Waals surface area (Å²) in [4.78, 5) is 21.7. The van der Waals surface area contributed by atoms with Crippen molar-refractivity contribution in [3.05, 3.63) is 22.7 Å². The fraction of sp³-hybridized carbons (Fsp3) is 0.500. The normalized spacial score (nSPS) is 18.9. The van der Waals surface area contributed by atoms with Gasteiger partial charge in [0.2, 0.25) is 11.2 Å². The van der Waals surface area contributed by atoms with Gasteiger partial charge in [-0.2, -0.15) is 0 Å². The van der Waals surface area contributed by atoms with E-state index in [-0.39, 0.29) is 11.2 Å². The van der Waals surface area contributed by atoms with Gasteiger partial charge < -0.3 is 4.90 Å². The van der Waals surface area contributed by atoms with Crippen molar-refractivity contribution >= 4 is 17.5 Å². The lowest BCUT2D eigenvalue weighted by atomic mass is 9.82. The van der Waals surface area contributed by atoms with Gasteiger partial charge in [0, 0.05) is 25.4 Å². The maximum atomic E-state index is 11.9. The molecule has 5 heteroatoms. The third kappa shape index (κ3) is 1.49. The van der Waals surface area contributed by atoms with E-state index in [1.54, 1.807) is 18.1 Å². The molecule has 1 aliphatic heterocycles. The Labute approximate surface area is 93.3 Å². The quantitative estimate of drug-likeness (QED) is 0.627. The summed E-state index contributed by atoms with van der Waals surface area (Å²) in [7, 11) is 1.78. The van der Waals surface area contributed by atoms with Crippen LogP contribution in [0.4, 0.5) is 0 Å². The lowest BCUT2D eigenvalue weighted by Gasteiger charge is -2.35. The maximum Gasteiger partial charge on any atom is 0.234 e. The van der Waals surface area contributed by atoms with Gasteiger partial charge in [0.1, 0.15) is 0 Å². The van der Waals surface area contributed by atoms with Crippen molar-refractivity contribution in [2.24, 2.45) is 0 Å². The van der Waals surface area contributed by atoms with Crippen LogP contribution in [0.25, 0.3) is 0 Å². The fourth-order valence-corrected chi connectivity index (χ4v) is 2.08. The smallest absolute Gasteiger partial charge is 0.234 e. The van der Waals surface area contributed by atoms with Crippen LogP contribution in [0.2, 0.25) is 5.28 Å². The predicted molar refractivity (Wildman–Crippen MR) is 56.5 cm³/mol. The van der Waals surface area contributed by atoms with Gasteiger partial charge in [0.15, 0.2) is 0 Å². The Kier molecular flexibility index (Phi) is 2.19. The van der Waals surface area contributed by atoms with E-state index in [4.69, 9.17) is 11.6 Å². The number of amides is 1. The predicted octanol–water partition coefficient (Wildman–Crippen LogP) is 1.38. The highest BCUT2D eigenvalue weighted by Crippen LogP contribution is 2.32. The van der Waals surface area contributed by atoms with Crippen molar-refractivity contribution < 1.29 is 4.79 Å². The first-order chi connectivity index (χ1) is 6.93. The Hall–Kier alpha value is -1.16. The monoisotopic (exact) mass is 225 g/mol. The zero-order chi connectivity index (χ0) is 11.2. The summed E-state index contributed by atoms with van der Waals surface area (Å²) in [6.07, 6.45) is 1.69. The van der Waals surface area contributed by atoms with Gasteiger partial charge in [-0.1, -0.05) is 0 Å². The van der Waals surface area contributed by atoms with Gasteiger partial charge in [-0.25, -0.2) is 9.97 Å². The summed E-state index contributed by atoms with van der Waals surface area (Å²) >= 11 is 5.74. The topological polar surface area (TPSA) is 46.1 Å². The molecule has 1 aromatic heterocycles. The fourth-order valence-electron chi connectivity index (χ4n) is 1.95. The minimum absolute atomic E-state index is 0.0600. The Morgan fingerprint density at radius 3 is 2.87 bits per heavy atom. The minimum Gasteiger partial charge on any atom is -0.340 e. The van der Waals surface area contributed by atoms with Gasteiger partial charge >= 0.3 is 0 Å². The first-order valence-corrected chi connectivity index (χ1v) is 5.08. The van der Waals surface area contributed by atoms with Crippen LogP contribution in [0.1, 0.15) is 25.1 Å². The summed E-state index contributed by atoms with van der Waals surface area (Å²) < 4.78 is 0. The van der Waals surface area contributed by atoms with Crippen molar-refractivity contribution in [1.29, 1.82) is 0 Å². The highest BCUT2D eigenvalue weighted by molar-refractivity contribution is 6.28. The summed E-state index contributed by atoms with van der Waals surface area (Å²) in [5.74, 6) is 0.0600. The molecule has 1 aromatic rings. The molecule has 1 aliphatic rings. The van der Waals surface area contributed by atoms with Crippen LogP contribution in [-0.4, -0.2) is 27.8 Å². The third-order valence-corrected chi connectivity index (χ3v) is 2.90. The average molecular weight is 226 g/mol. The molecule has 80 valence electrons. The van der Waals surface area contributed by atoms with E-state index in [9.17, 15) is 4.79 Å². The number of hydrogen-bond donors (Lipinski definition) is 0. The lowest BCUT2D eigenvalue weighted by Crippen LogP contribution is -2.46. The highest BCUT2D eigenvalue weighted by atomic mass is 35.5. The number of fused-ring (bicyclic) bond motifs is 1. The number of rotatable bonds is 0. The van der Waals surface area contributed by atoms with Crippen LogP contribution in [0.15, 0.2) is 6.20 Å². The second-order valence-electron chi connectivity index (χ2n) is 4.30. The number of carbonyl (C=O) groups is 1. The molecule has 2 heterocycles. The highest BCUT2D eigenvalue weighted by Gasteiger charge is 2.40. The molecule has 0 saturated carbocycles. The minimum atomic E-state index is -0.616. The van der Waals surface area contributed by atoms with E-state index < -0.39 is 5.41 Å². The lowest BCUT2D eigenvalue weighted by molar-refractivity contribution is -0.136. The molecule has 0 atom stereocenters. The Bertz CT molecular complexity index is 431. The van der Waals surface area contributed by atoms with Crippen molar-refractivity contribution in [1.82, 2.24) is 14.9 Å². The molecule has 0 saturated heterocycles. The number of nitrogens with zero attached hydrogens (tertiary/aromatic N) is 3. The standard InChI is InChI=1S/C10H12ClN3O/c1-10(2)7-6(4-12-9(11)13-7)5-14(3)8(10)15/h4H,5H2,1-3H3. The van der Waals surface area contributed by atoms with Crippen molar-refractivity contribution in [2.75, 3.05) is 7.05 Å². The first-order valence-electron chi connectivity index (χ1n) is 4.70. The van der Waals surface area contributed by atoms with E-state index in [0.29, 0.717) is 6.54 Å². The van der Waals surface area contributed by atoms with Crippen LogP contribution in [0.5, 0.6) is 0 Å². The molecule has 15 heavy (non-hydrogen) atoms. The zero-order valence-corrected chi connectivity index (χ0v) is 9.67. The molecule has 0 N–H and O–H groups in total. The number of halogens is 1. The third-order valence-electron chi connectivity index (χ3n) is 2.72. The van der Waals surface area contributed by atoms with Crippen LogP contribution in [-0.2, 0) is 16.8 Å². The van der Waals surface area contributed by atoms with Gasteiger partial charge in [0.25, 0.3) is 0 Å². The molecule has 1 amide bonds. The van der Waals surface area contributed by atoms with Gasteiger partial charge in [-0.15, -0.1) is 0 Å². The summed E-state index contributed by atoms with van der Waals surface area (Å²) in [5, 5.41) is 0.194. The van der Waals surface area contributed by atoms with Gasteiger partial charge in [-0.05, 0) is 25.4 Å². The molecule has 0 bridgehead atoms. The molecular formula is C10H12ClN3O. The average Bonchev–Trinajstić information content (AvgIpc) is 2.17. The molecule has 0 spiro atoms. The second kappa shape index (κ2) is 3.17. The molecular weight excluding hydrogens is 214 g/mol. The number of likely N-dealkylation sites (N-methyl/N-ethyl adjacent to an activating group) is 1. The molecule has 0 unspecified atom stereocenters. The van der Waals surface area contributed by atoms with E-state index in [1.807, 2.05) is 13.8 Å². The first kappa shape index (κ1) is 10.4. The van der Waals surface area contributed by atoms with Crippen molar-refractivity contribution in [2.45, 2.75) is 25.8 Å². The van der Waals surface area contributed by atoms with Crippen molar-refractivity contribution in [3.8, 4) is 0 Å². The van der Waals surface area contributed by atoms with Crippen LogP contribution in [0, 0.1) is 0 Å². The van der Waals surface area contributed by atoms with Crippen LogP contribution < -0.4 is 0 Å². The summed E-state index contributed by atoms with van der Waals surface area (Å²) in [6, 6.07) is 0. The van der Waals surface area contributed by atoms with E-state index in [0.717, 1.165) is 11.3 Å². The maximum absolute atomic E-state index is 11.9. The van der Waals surface area contributed by atoms with E-state index in [2.05, 4.69) is 9.97 Å². The molecule has 0 radical (unpaired) electrons. The Morgan fingerprint density at radius 1 is 1.53 bits per heavy atom. The number of aromatic nitrogens is 2. The molecule has 0 fully saturated rings. The molecule has 4 nitrogen and oxygen atoms in total. The summed E-state index contributed by atoms with van der Waals surface area (Å²) in [6.45, 7) is 4.26. The van der Waals surface area contributed by atoms with Gasteiger partial charge in [0.05, 0.1) is 11.1 Å². The van der Waals surface area contributed by atoms with E-state index >= 15 is 0 Å². The van der Waals surface area contributed by atoms with Crippen LogP contribution >= 0.6 is 11.6 Å².